The second-order valence-corrected chi connectivity index (χ2v) is 4.89. The summed E-state index contributed by atoms with van der Waals surface area (Å²) in [5.41, 5.74) is 1.40. The monoisotopic (exact) mass is 272 g/mol. The Kier molecular flexibility index (Phi) is 3.47. The fourth-order valence-electron chi connectivity index (χ4n) is 2.20. The molecule has 6 nitrogen and oxygen atoms in total. The first-order valence-corrected chi connectivity index (χ1v) is 6.58. The summed E-state index contributed by atoms with van der Waals surface area (Å²) in [5.74, 6) is 0.529. The summed E-state index contributed by atoms with van der Waals surface area (Å²) in [6.45, 7) is 3.22. The number of aromatic nitrogens is 3. The molecule has 0 bridgehead atoms. The normalized spacial score (nSPS) is 18.1. The molecule has 0 spiro atoms. The van der Waals surface area contributed by atoms with Gasteiger partial charge in [0.15, 0.2) is 0 Å². The van der Waals surface area contributed by atoms with Crippen molar-refractivity contribution < 1.29 is 9.53 Å². The van der Waals surface area contributed by atoms with Crippen LogP contribution < -0.4 is 5.32 Å². The van der Waals surface area contributed by atoms with E-state index < -0.39 is 0 Å². The lowest BCUT2D eigenvalue weighted by Crippen LogP contribution is -2.35. The van der Waals surface area contributed by atoms with Crippen LogP contribution in [0.5, 0.6) is 0 Å². The van der Waals surface area contributed by atoms with Gasteiger partial charge in [0, 0.05) is 19.0 Å². The number of amides is 1. The minimum absolute atomic E-state index is 0.0847. The van der Waals surface area contributed by atoms with Crippen molar-refractivity contribution in [2.45, 2.75) is 19.4 Å². The first kappa shape index (κ1) is 12.8. The van der Waals surface area contributed by atoms with Gasteiger partial charge in [-0.3, -0.25) is 9.36 Å². The highest BCUT2D eigenvalue weighted by Crippen LogP contribution is 2.11. The first-order chi connectivity index (χ1) is 9.72. The van der Waals surface area contributed by atoms with Gasteiger partial charge in [0.05, 0.1) is 12.6 Å². The van der Waals surface area contributed by atoms with Gasteiger partial charge in [-0.2, -0.15) is 0 Å². The van der Waals surface area contributed by atoms with Crippen molar-refractivity contribution in [3.8, 4) is 5.82 Å². The number of hydrogen-bond acceptors (Lipinski definition) is 4. The van der Waals surface area contributed by atoms with Crippen LogP contribution in [0, 0.1) is 6.92 Å². The highest BCUT2D eigenvalue weighted by Gasteiger charge is 2.19. The molecule has 0 aromatic carbocycles. The van der Waals surface area contributed by atoms with Crippen LogP contribution in [0.4, 0.5) is 0 Å². The van der Waals surface area contributed by atoms with E-state index >= 15 is 0 Å². The Morgan fingerprint density at radius 2 is 2.40 bits per heavy atom. The molecule has 1 aliphatic rings. The van der Waals surface area contributed by atoms with Crippen LogP contribution in [0.15, 0.2) is 30.9 Å². The highest BCUT2D eigenvalue weighted by molar-refractivity contribution is 5.92. The van der Waals surface area contributed by atoms with E-state index in [1.165, 1.54) is 0 Å². The molecule has 3 heterocycles. The lowest BCUT2D eigenvalue weighted by Gasteiger charge is -2.11. The Bertz CT molecular complexity index is 604. The number of nitrogens with one attached hydrogen (secondary N) is 1. The fourth-order valence-corrected chi connectivity index (χ4v) is 2.20. The summed E-state index contributed by atoms with van der Waals surface area (Å²) < 4.78 is 7.03. The summed E-state index contributed by atoms with van der Waals surface area (Å²) in [6, 6.07) is 3.78. The molecule has 1 N–H and O–H groups in total. The number of rotatable bonds is 3. The molecule has 104 valence electrons. The van der Waals surface area contributed by atoms with E-state index in [4.69, 9.17) is 4.74 Å². The van der Waals surface area contributed by atoms with Gasteiger partial charge in [-0.1, -0.05) is 0 Å². The molecule has 2 aromatic heterocycles. The van der Waals surface area contributed by atoms with E-state index in [9.17, 15) is 4.79 Å². The molecule has 0 aliphatic carbocycles. The predicted octanol–water partition coefficient (Wildman–Crippen LogP) is 1.09. The van der Waals surface area contributed by atoms with Crippen LogP contribution in [0.25, 0.3) is 5.82 Å². The van der Waals surface area contributed by atoms with Gasteiger partial charge in [-0.25, -0.2) is 9.97 Å². The first-order valence-electron chi connectivity index (χ1n) is 6.58. The molecule has 1 aliphatic heterocycles. The van der Waals surface area contributed by atoms with Crippen molar-refractivity contribution >= 4 is 5.91 Å². The van der Waals surface area contributed by atoms with Crippen LogP contribution in [0.1, 0.15) is 22.5 Å². The summed E-state index contributed by atoms with van der Waals surface area (Å²) in [7, 11) is 0. The molecule has 1 atom stereocenters. The molecule has 2 aromatic rings. The molecule has 0 saturated carbocycles. The van der Waals surface area contributed by atoms with Crippen LogP contribution in [0.3, 0.4) is 0 Å². The minimum Gasteiger partial charge on any atom is -0.379 e. The zero-order chi connectivity index (χ0) is 13.9. The van der Waals surface area contributed by atoms with Gasteiger partial charge in [-0.05, 0) is 31.0 Å². The van der Waals surface area contributed by atoms with E-state index in [2.05, 4.69) is 15.3 Å². The van der Waals surface area contributed by atoms with Gasteiger partial charge in [-0.15, -0.1) is 0 Å². The molecule has 6 heteroatoms. The van der Waals surface area contributed by atoms with Crippen molar-refractivity contribution in [1.82, 2.24) is 19.9 Å². The maximum Gasteiger partial charge on any atom is 0.270 e. The maximum absolute atomic E-state index is 12.2. The van der Waals surface area contributed by atoms with Gasteiger partial charge < -0.3 is 10.1 Å². The lowest BCUT2D eigenvalue weighted by atomic mass is 10.2. The van der Waals surface area contributed by atoms with Crippen LogP contribution >= 0.6 is 0 Å². The average Bonchev–Trinajstić information content (AvgIpc) is 3.11. The molecule has 1 fully saturated rings. The lowest BCUT2D eigenvalue weighted by molar-refractivity contribution is 0.0924. The second kappa shape index (κ2) is 5.42. The Balaban J connectivity index is 1.83. The van der Waals surface area contributed by atoms with E-state index in [0.29, 0.717) is 24.7 Å². The summed E-state index contributed by atoms with van der Waals surface area (Å²) in [4.78, 5) is 20.6. The number of carbonyl (C=O) groups is 1. The third-order valence-electron chi connectivity index (χ3n) is 3.22. The topological polar surface area (TPSA) is 69.0 Å². The molecular weight excluding hydrogens is 256 g/mol. The van der Waals surface area contributed by atoms with Crippen molar-refractivity contribution in [3.05, 3.63) is 42.1 Å². The quantitative estimate of drug-likeness (QED) is 0.908. The zero-order valence-electron chi connectivity index (χ0n) is 11.2. The third-order valence-corrected chi connectivity index (χ3v) is 3.22. The minimum atomic E-state index is -0.162. The largest absolute Gasteiger partial charge is 0.379 e. The Hall–Kier alpha value is -2.21. The van der Waals surface area contributed by atoms with Crippen molar-refractivity contribution in [2.75, 3.05) is 13.2 Å². The van der Waals surface area contributed by atoms with Crippen LogP contribution in [0.2, 0.25) is 0 Å². The highest BCUT2D eigenvalue weighted by atomic mass is 16.5. The molecule has 3 rings (SSSR count). The van der Waals surface area contributed by atoms with E-state index in [1.54, 1.807) is 29.4 Å². The van der Waals surface area contributed by atoms with Gasteiger partial charge in [0.2, 0.25) is 0 Å². The molecular formula is C14H16N4O2. The smallest absolute Gasteiger partial charge is 0.270 e. The predicted molar refractivity (Wildman–Crippen MR) is 72.8 cm³/mol. The fraction of sp³-hybridized carbons (Fsp3) is 0.357. The molecule has 0 unspecified atom stereocenters. The average molecular weight is 272 g/mol. The zero-order valence-corrected chi connectivity index (χ0v) is 11.2. The van der Waals surface area contributed by atoms with Crippen LogP contribution in [-0.2, 0) is 4.74 Å². The van der Waals surface area contributed by atoms with Crippen LogP contribution in [-0.4, -0.2) is 39.7 Å². The number of pyridine rings is 1. The second-order valence-electron chi connectivity index (χ2n) is 4.89. The van der Waals surface area contributed by atoms with Crippen molar-refractivity contribution in [3.63, 3.8) is 0 Å². The standard InChI is InChI=1S/C14H16N4O2/c1-10-6-12(14(19)16-11-2-5-20-8-11)17-13(7-10)18-4-3-15-9-18/h3-4,6-7,9,11H,2,5,8H2,1H3,(H,16,19)/t11-/m1/s1. The molecule has 20 heavy (non-hydrogen) atoms. The number of carbonyl (C=O) groups excluding carboxylic acids is 1. The number of ether oxygens (including phenoxy) is 1. The maximum atomic E-state index is 12.2. The van der Waals surface area contributed by atoms with Crippen molar-refractivity contribution in [1.29, 1.82) is 0 Å². The Morgan fingerprint density at radius 3 is 3.10 bits per heavy atom. The number of imidazole rings is 1. The molecule has 1 amide bonds. The number of hydrogen-bond donors (Lipinski definition) is 1. The van der Waals surface area contributed by atoms with Gasteiger partial charge >= 0.3 is 0 Å². The third kappa shape index (κ3) is 2.70. The SMILES string of the molecule is Cc1cc(C(=O)N[C@@H]2CCOC2)nc(-n2ccnc2)c1. The van der Waals surface area contributed by atoms with E-state index in [1.807, 2.05) is 13.0 Å². The number of aryl methyl sites for hydroxylation is 1. The summed E-state index contributed by atoms with van der Waals surface area (Å²) >= 11 is 0. The Morgan fingerprint density at radius 1 is 1.50 bits per heavy atom. The van der Waals surface area contributed by atoms with Crippen molar-refractivity contribution in [2.24, 2.45) is 0 Å². The summed E-state index contributed by atoms with van der Waals surface area (Å²) in [6.07, 6.45) is 5.99. The number of nitrogens with zero attached hydrogens (tertiary/aromatic N) is 3. The van der Waals surface area contributed by atoms with E-state index in [-0.39, 0.29) is 11.9 Å². The molecule has 1 saturated heterocycles. The Labute approximate surface area is 116 Å². The molecule has 0 radical (unpaired) electrons. The summed E-state index contributed by atoms with van der Waals surface area (Å²) in [5, 5.41) is 2.94. The van der Waals surface area contributed by atoms with Gasteiger partial charge in [0.1, 0.15) is 17.8 Å². The van der Waals surface area contributed by atoms with Gasteiger partial charge in [0.25, 0.3) is 5.91 Å². The van der Waals surface area contributed by atoms with E-state index in [0.717, 1.165) is 12.0 Å².